The Morgan fingerprint density at radius 3 is 2.50 bits per heavy atom. The van der Waals surface area contributed by atoms with Gasteiger partial charge in [0.25, 0.3) is 5.91 Å². The van der Waals surface area contributed by atoms with Crippen LogP contribution in [0.2, 0.25) is 0 Å². The summed E-state index contributed by atoms with van der Waals surface area (Å²) >= 11 is 1.42. The number of aliphatic hydroxyl groups is 1. The highest BCUT2D eigenvalue weighted by Gasteiger charge is 2.26. The molecule has 2 aliphatic rings. The second-order valence-corrected chi connectivity index (χ2v) is 6.84. The second kappa shape index (κ2) is 5.61. The summed E-state index contributed by atoms with van der Waals surface area (Å²) in [6, 6.07) is 2.56. The number of nitrogen functional groups attached to an aromatic ring is 1. The summed E-state index contributed by atoms with van der Waals surface area (Å²) < 4.78 is 0. The van der Waals surface area contributed by atoms with E-state index in [4.69, 9.17) is 5.73 Å². The maximum absolute atomic E-state index is 12.0. The molecule has 0 radical (unpaired) electrons. The van der Waals surface area contributed by atoms with E-state index in [0.29, 0.717) is 22.6 Å². The topological polar surface area (TPSA) is 87.4 Å². The molecule has 0 atom stereocenters. The van der Waals surface area contributed by atoms with Crippen molar-refractivity contribution < 1.29 is 9.90 Å². The van der Waals surface area contributed by atoms with Crippen LogP contribution in [0.4, 0.5) is 10.7 Å². The predicted molar refractivity (Wildman–Crippen MR) is 81.1 cm³/mol. The minimum Gasteiger partial charge on any atom is -0.397 e. The van der Waals surface area contributed by atoms with Gasteiger partial charge in [-0.2, -0.15) is 0 Å². The van der Waals surface area contributed by atoms with E-state index in [1.54, 1.807) is 0 Å². The molecule has 0 aromatic carbocycles. The fourth-order valence-corrected chi connectivity index (χ4v) is 3.51. The lowest BCUT2D eigenvalue weighted by Gasteiger charge is -2.26. The zero-order chi connectivity index (χ0) is 14.1. The number of amides is 1. The van der Waals surface area contributed by atoms with Crippen LogP contribution in [0, 0.1) is 0 Å². The second-order valence-electron chi connectivity index (χ2n) is 5.79. The number of nitrogens with two attached hydrogens (primary N) is 1. The highest BCUT2D eigenvalue weighted by Crippen LogP contribution is 2.32. The molecule has 5 N–H and O–H groups in total. The van der Waals surface area contributed by atoms with Crippen molar-refractivity contribution in [1.29, 1.82) is 0 Å². The average molecular weight is 295 g/mol. The van der Waals surface area contributed by atoms with Crippen LogP contribution >= 0.6 is 11.3 Å². The lowest BCUT2D eigenvalue weighted by molar-refractivity contribution is 0.0956. The Labute approximate surface area is 122 Å². The number of carbonyl (C=O) groups is 1. The lowest BCUT2D eigenvalue weighted by Crippen LogP contribution is -2.27. The first-order valence-corrected chi connectivity index (χ1v) is 8.08. The number of thiophene rings is 1. The van der Waals surface area contributed by atoms with Crippen molar-refractivity contribution in [3.63, 3.8) is 0 Å². The molecule has 0 aliphatic heterocycles. The molecule has 110 valence electrons. The van der Waals surface area contributed by atoms with Crippen molar-refractivity contribution in [3.8, 4) is 0 Å². The van der Waals surface area contributed by atoms with E-state index in [2.05, 4.69) is 10.6 Å². The van der Waals surface area contributed by atoms with Gasteiger partial charge in [-0.25, -0.2) is 0 Å². The molecule has 2 aliphatic carbocycles. The Hall–Kier alpha value is -1.27. The molecule has 0 saturated heterocycles. The molecule has 0 spiro atoms. The molecule has 0 unspecified atom stereocenters. The summed E-state index contributed by atoms with van der Waals surface area (Å²) in [7, 11) is 0. The van der Waals surface area contributed by atoms with E-state index in [0.717, 1.165) is 43.5 Å². The van der Waals surface area contributed by atoms with Crippen LogP contribution in [0.3, 0.4) is 0 Å². The summed E-state index contributed by atoms with van der Waals surface area (Å²) in [5.41, 5.74) is 6.48. The van der Waals surface area contributed by atoms with Gasteiger partial charge in [0, 0.05) is 12.1 Å². The first kappa shape index (κ1) is 13.7. The predicted octanol–water partition coefficient (Wildman–Crippen LogP) is 1.94. The first-order valence-electron chi connectivity index (χ1n) is 7.26. The van der Waals surface area contributed by atoms with Gasteiger partial charge >= 0.3 is 0 Å². The highest BCUT2D eigenvalue weighted by atomic mass is 32.1. The summed E-state index contributed by atoms with van der Waals surface area (Å²) in [6.45, 7) is 0. The molecule has 5 nitrogen and oxygen atoms in total. The van der Waals surface area contributed by atoms with E-state index >= 15 is 0 Å². The van der Waals surface area contributed by atoms with Crippen molar-refractivity contribution in [2.75, 3.05) is 11.1 Å². The van der Waals surface area contributed by atoms with Gasteiger partial charge in [0.1, 0.15) is 4.88 Å². The largest absolute Gasteiger partial charge is 0.397 e. The molecule has 2 saturated carbocycles. The van der Waals surface area contributed by atoms with Gasteiger partial charge in [-0.3, -0.25) is 4.79 Å². The maximum atomic E-state index is 12.0. The van der Waals surface area contributed by atoms with E-state index in [-0.39, 0.29) is 12.0 Å². The van der Waals surface area contributed by atoms with Gasteiger partial charge in [0.15, 0.2) is 0 Å². The van der Waals surface area contributed by atoms with Gasteiger partial charge in [0.05, 0.1) is 16.8 Å². The number of nitrogens with one attached hydrogen (secondary N) is 2. The minimum atomic E-state index is -0.152. The van der Waals surface area contributed by atoms with Gasteiger partial charge in [-0.05, 0) is 44.6 Å². The Morgan fingerprint density at radius 2 is 1.85 bits per heavy atom. The van der Waals surface area contributed by atoms with Gasteiger partial charge in [-0.15, -0.1) is 11.3 Å². The fraction of sp³-hybridized carbons (Fsp3) is 0.643. The van der Waals surface area contributed by atoms with Crippen molar-refractivity contribution in [2.45, 2.75) is 56.7 Å². The molecule has 20 heavy (non-hydrogen) atoms. The number of anilines is 2. The molecule has 1 amide bonds. The molecule has 1 heterocycles. The molecule has 3 rings (SSSR count). The third kappa shape index (κ3) is 3.24. The van der Waals surface area contributed by atoms with Crippen LogP contribution in [0.1, 0.15) is 48.2 Å². The van der Waals surface area contributed by atoms with Crippen LogP contribution in [0.5, 0.6) is 0 Å². The smallest absolute Gasteiger partial charge is 0.263 e. The standard InChI is InChI=1S/C14H21N3O2S/c15-11-7-12(16-8-3-5-10(18)6-4-8)20-13(11)14(19)17-9-1-2-9/h7-10,16,18H,1-6,15H2,(H,17,19). The Morgan fingerprint density at radius 1 is 1.20 bits per heavy atom. The third-order valence-electron chi connectivity index (χ3n) is 3.92. The Balaban J connectivity index is 1.61. The number of carbonyl (C=O) groups excluding carboxylic acids is 1. The van der Waals surface area contributed by atoms with E-state index < -0.39 is 0 Å². The number of hydrogen-bond donors (Lipinski definition) is 4. The van der Waals surface area contributed by atoms with Crippen molar-refractivity contribution >= 4 is 27.9 Å². The van der Waals surface area contributed by atoms with Crippen molar-refractivity contribution in [2.24, 2.45) is 0 Å². The zero-order valence-corrected chi connectivity index (χ0v) is 12.2. The average Bonchev–Trinajstić information content (AvgIpc) is 3.14. The monoisotopic (exact) mass is 295 g/mol. The van der Waals surface area contributed by atoms with Crippen molar-refractivity contribution in [3.05, 3.63) is 10.9 Å². The molecular weight excluding hydrogens is 274 g/mol. The molecule has 2 fully saturated rings. The zero-order valence-electron chi connectivity index (χ0n) is 11.4. The SMILES string of the molecule is Nc1cc(NC2CCC(O)CC2)sc1C(=O)NC1CC1. The van der Waals surface area contributed by atoms with Gasteiger partial charge in [0.2, 0.25) is 0 Å². The van der Waals surface area contributed by atoms with Crippen LogP contribution in [0.25, 0.3) is 0 Å². The van der Waals surface area contributed by atoms with Crippen LogP contribution < -0.4 is 16.4 Å². The summed E-state index contributed by atoms with van der Waals surface area (Å²) in [4.78, 5) is 12.6. The fourth-order valence-electron chi connectivity index (χ4n) is 2.55. The van der Waals surface area contributed by atoms with Gasteiger partial charge < -0.3 is 21.5 Å². The number of aliphatic hydroxyl groups excluding tert-OH is 1. The van der Waals surface area contributed by atoms with Crippen LogP contribution in [0.15, 0.2) is 6.07 Å². The number of rotatable bonds is 4. The molecular formula is C14H21N3O2S. The third-order valence-corrected chi connectivity index (χ3v) is 5.00. The maximum Gasteiger partial charge on any atom is 0.263 e. The summed E-state index contributed by atoms with van der Waals surface area (Å²) in [5.74, 6) is -0.0536. The van der Waals surface area contributed by atoms with Crippen LogP contribution in [-0.2, 0) is 0 Å². The normalized spacial score (nSPS) is 26.2. The Kier molecular flexibility index (Phi) is 3.85. The number of hydrogen-bond acceptors (Lipinski definition) is 5. The molecule has 1 aromatic heterocycles. The van der Waals surface area contributed by atoms with E-state index in [1.165, 1.54) is 11.3 Å². The molecule has 0 bridgehead atoms. The van der Waals surface area contributed by atoms with Crippen LogP contribution in [-0.4, -0.2) is 29.2 Å². The van der Waals surface area contributed by atoms with E-state index in [1.807, 2.05) is 6.07 Å². The first-order chi connectivity index (χ1) is 9.61. The summed E-state index contributed by atoms with van der Waals surface area (Å²) in [5, 5.41) is 16.9. The molecule has 6 heteroatoms. The van der Waals surface area contributed by atoms with E-state index in [9.17, 15) is 9.90 Å². The molecule has 1 aromatic rings. The minimum absolute atomic E-state index is 0.0536. The lowest BCUT2D eigenvalue weighted by atomic mass is 9.93. The quantitative estimate of drug-likeness (QED) is 0.683. The Bertz CT molecular complexity index is 491. The van der Waals surface area contributed by atoms with Gasteiger partial charge in [-0.1, -0.05) is 0 Å². The van der Waals surface area contributed by atoms with Crippen molar-refractivity contribution in [1.82, 2.24) is 5.32 Å². The summed E-state index contributed by atoms with van der Waals surface area (Å²) in [6.07, 6.45) is 5.60. The highest BCUT2D eigenvalue weighted by molar-refractivity contribution is 7.18.